The molecule has 11 heteroatoms. The van der Waals surface area contributed by atoms with Gasteiger partial charge in [0.1, 0.15) is 0 Å². The molecule has 1 fully saturated rings. The van der Waals surface area contributed by atoms with Crippen LogP contribution in [0.25, 0.3) is 0 Å². The van der Waals surface area contributed by atoms with Crippen LogP contribution in [0.3, 0.4) is 0 Å². The molecule has 0 bridgehead atoms. The summed E-state index contributed by atoms with van der Waals surface area (Å²) in [6.07, 6.45) is 36.2. The number of amides is 6. The number of nitrogens with zero attached hydrogens (tertiary/aromatic N) is 2. The van der Waals surface area contributed by atoms with Gasteiger partial charge >= 0.3 is 5.97 Å². The van der Waals surface area contributed by atoms with Gasteiger partial charge in [0.05, 0.1) is 34.4 Å². The van der Waals surface area contributed by atoms with E-state index in [1.54, 1.807) is 6.07 Å². The Hall–Kier alpha value is -5.32. The van der Waals surface area contributed by atoms with Gasteiger partial charge in [-0.25, -0.2) is 14.6 Å². The van der Waals surface area contributed by atoms with Crippen LogP contribution in [-0.2, 0) is 14.3 Å². The first-order valence-corrected chi connectivity index (χ1v) is 28.9. The molecule has 4 atom stereocenters. The van der Waals surface area contributed by atoms with Crippen LogP contribution in [-0.4, -0.2) is 63.6 Å². The van der Waals surface area contributed by atoms with Gasteiger partial charge in [-0.3, -0.25) is 33.6 Å². The highest BCUT2D eigenvalue weighted by atomic mass is 16.5. The van der Waals surface area contributed by atoms with Gasteiger partial charge in [0, 0.05) is 23.1 Å². The third kappa shape index (κ3) is 16.6. The number of rotatable bonds is 35. The second-order valence-electron chi connectivity index (χ2n) is 21.9. The monoisotopic (exact) mass is 1020 g/mol. The summed E-state index contributed by atoms with van der Waals surface area (Å²) >= 11 is 0. The van der Waals surface area contributed by atoms with Gasteiger partial charge in [0.25, 0.3) is 35.4 Å². The number of benzene rings is 2. The van der Waals surface area contributed by atoms with Gasteiger partial charge < -0.3 is 4.74 Å². The Morgan fingerprint density at radius 1 is 0.473 bits per heavy atom. The van der Waals surface area contributed by atoms with E-state index in [2.05, 4.69) is 27.0 Å². The predicted octanol–water partition coefficient (Wildman–Crippen LogP) is 15.3. The molecule has 4 unspecified atom stereocenters. The summed E-state index contributed by atoms with van der Waals surface area (Å²) in [5.41, 5.74) is 1.10. The van der Waals surface area contributed by atoms with Crippen molar-refractivity contribution >= 4 is 47.2 Å². The lowest BCUT2D eigenvalue weighted by atomic mass is 9.61. The highest BCUT2D eigenvalue weighted by Crippen LogP contribution is 2.48. The van der Waals surface area contributed by atoms with Crippen LogP contribution in [0.15, 0.2) is 60.7 Å². The fourth-order valence-corrected chi connectivity index (χ4v) is 11.9. The second kappa shape index (κ2) is 30.9. The molecule has 6 amide bonds. The summed E-state index contributed by atoms with van der Waals surface area (Å²) in [7, 11) is 0. The van der Waals surface area contributed by atoms with E-state index >= 15 is 0 Å². The predicted molar refractivity (Wildman–Crippen MR) is 292 cm³/mol. The van der Waals surface area contributed by atoms with Gasteiger partial charge in [0.15, 0.2) is 5.78 Å². The zero-order valence-electron chi connectivity index (χ0n) is 45.7. The summed E-state index contributed by atoms with van der Waals surface area (Å²) in [6.45, 7) is 14.9. The Labute approximate surface area is 443 Å². The van der Waals surface area contributed by atoms with Crippen molar-refractivity contribution in [3.8, 4) is 0 Å². The lowest BCUT2D eigenvalue weighted by molar-refractivity contribution is -0.123. The molecule has 0 aromatic heterocycles. The average molecular weight is 1020 g/mol. The van der Waals surface area contributed by atoms with E-state index in [1.807, 2.05) is 0 Å². The van der Waals surface area contributed by atoms with Crippen molar-refractivity contribution in [2.24, 2.45) is 23.7 Å². The number of carbonyl (C=O) groups is 8. The number of carbonyl (C=O) groups excluding carboxylic acids is 8. The van der Waals surface area contributed by atoms with Gasteiger partial charge in [-0.1, -0.05) is 181 Å². The summed E-state index contributed by atoms with van der Waals surface area (Å²) in [4.78, 5) is 103. The third-order valence-electron chi connectivity index (χ3n) is 16.1. The Bertz CT molecular complexity index is 2310. The van der Waals surface area contributed by atoms with E-state index in [0.717, 1.165) is 75.0 Å². The molecule has 1 aliphatic carbocycles. The van der Waals surface area contributed by atoms with E-state index < -0.39 is 41.4 Å². The van der Waals surface area contributed by atoms with Crippen molar-refractivity contribution in [3.63, 3.8) is 0 Å². The first-order valence-electron chi connectivity index (χ1n) is 28.9. The van der Waals surface area contributed by atoms with Gasteiger partial charge in [-0.2, -0.15) is 0 Å². The summed E-state index contributed by atoms with van der Waals surface area (Å²) in [6, 6.07) is 8.73. The van der Waals surface area contributed by atoms with Crippen molar-refractivity contribution in [2.45, 2.75) is 220 Å². The number of imide groups is 6. The Balaban J connectivity index is 1.04. The van der Waals surface area contributed by atoms with E-state index in [0.29, 0.717) is 21.8 Å². The van der Waals surface area contributed by atoms with Crippen molar-refractivity contribution in [3.05, 3.63) is 94.1 Å². The number of ether oxygens (including phenoxy) is 1. The van der Waals surface area contributed by atoms with Crippen molar-refractivity contribution in [2.75, 3.05) is 6.61 Å². The molecule has 2 heterocycles. The minimum atomic E-state index is -0.752. The first-order chi connectivity index (χ1) is 35.7. The molecule has 2 aromatic rings. The number of fused-ring (bicyclic) bond motifs is 2. The molecule has 3 aliphatic rings. The molecule has 5 rings (SSSR count). The Kier molecular flexibility index (Phi) is 24.9. The van der Waals surface area contributed by atoms with E-state index in [9.17, 15) is 38.4 Å². The number of hydrogen-bond donors (Lipinski definition) is 0. The molecule has 0 saturated heterocycles. The van der Waals surface area contributed by atoms with Crippen LogP contribution < -0.4 is 0 Å². The van der Waals surface area contributed by atoms with Crippen LogP contribution in [0, 0.1) is 23.7 Å². The molecule has 1 saturated carbocycles. The minimum Gasteiger partial charge on any atom is -0.462 e. The lowest BCUT2D eigenvalue weighted by Gasteiger charge is -2.44. The summed E-state index contributed by atoms with van der Waals surface area (Å²) in [5.74, 6) is -1.62. The molecule has 0 spiro atoms. The van der Waals surface area contributed by atoms with Crippen LogP contribution in [0.1, 0.15) is 282 Å². The van der Waals surface area contributed by atoms with Crippen LogP contribution >= 0.6 is 0 Å². The topological polar surface area (TPSA) is 152 Å². The van der Waals surface area contributed by atoms with Crippen LogP contribution in [0.4, 0.5) is 0 Å². The molecule has 0 radical (unpaired) electrons. The van der Waals surface area contributed by atoms with E-state index in [4.69, 9.17) is 4.74 Å². The summed E-state index contributed by atoms with van der Waals surface area (Å²) < 4.78 is 5.56. The smallest absolute Gasteiger partial charge is 0.338 e. The van der Waals surface area contributed by atoms with E-state index in [-0.39, 0.29) is 51.4 Å². The van der Waals surface area contributed by atoms with Gasteiger partial charge in [-0.15, -0.1) is 0 Å². The normalized spacial score (nSPS) is 18.2. The minimum absolute atomic E-state index is 0.0218. The Morgan fingerprint density at radius 3 is 1.30 bits per heavy atom. The number of esters is 1. The maximum Gasteiger partial charge on any atom is 0.338 e. The molecule has 11 nitrogen and oxygen atoms in total. The second-order valence-corrected chi connectivity index (χ2v) is 21.9. The lowest BCUT2D eigenvalue weighted by Crippen LogP contribution is -2.36. The average Bonchev–Trinajstić information content (AvgIpc) is 3.79. The highest BCUT2D eigenvalue weighted by Gasteiger charge is 2.42. The maximum absolute atomic E-state index is 13.1. The van der Waals surface area contributed by atoms with Crippen LogP contribution in [0.2, 0.25) is 0 Å². The highest BCUT2D eigenvalue weighted by molar-refractivity contribution is 6.32. The molecule has 74 heavy (non-hydrogen) atoms. The molecule has 2 aliphatic heterocycles. The van der Waals surface area contributed by atoms with Crippen molar-refractivity contribution in [1.82, 2.24) is 9.80 Å². The van der Waals surface area contributed by atoms with Crippen molar-refractivity contribution in [1.29, 1.82) is 0 Å². The molecular weight excluding hydrogens is 929 g/mol. The molecular formula is C63H88N2O9. The SMILES string of the molecule is C=C(C)C(=O)N1C(=O)c2ccc(C(=O)CCCCCCCCCC3CCC(CCCCCC)C(CCCCCCCC)C3CCCCCCCCOC(=O)c3ccc4c(c3)C(=O)N(C(=O)C(=C)C)C4=O)cc2C1=O. The standard InChI is InChI=1S/C63H88N2O9/c1-7-9-11-13-20-26-32-50-46(30-24-12-10-8-2)35-36-47(31-25-19-15-14-16-22-28-34-56(66)48-37-39-52-54(42-48)61(71)64(59(52)69)57(67)44(3)4)51(50)33-27-21-17-18-23-29-41-74-63(73)49-38-40-53-55(43-49)62(72)65(60(53)70)58(68)45(5)6/h37-40,42-43,46-47,50-51H,3,5,7-36,41H2,1-2,4,6H3. The largest absolute Gasteiger partial charge is 0.462 e. The van der Waals surface area contributed by atoms with E-state index in [1.165, 1.54) is 179 Å². The third-order valence-corrected chi connectivity index (χ3v) is 16.1. The molecule has 404 valence electrons. The fourth-order valence-electron chi connectivity index (χ4n) is 11.9. The fraction of sp³-hybridized carbons (Fsp3) is 0.619. The number of Topliss-reactive ketones (excluding diaryl/α,β-unsaturated/α-hetero) is 1. The number of hydrogen-bond acceptors (Lipinski definition) is 9. The maximum atomic E-state index is 13.1. The van der Waals surface area contributed by atoms with Crippen molar-refractivity contribution < 1.29 is 43.1 Å². The quantitative estimate of drug-likeness (QED) is 0.0216. The van der Waals surface area contributed by atoms with Crippen LogP contribution in [0.5, 0.6) is 0 Å². The molecule has 2 aromatic carbocycles. The Morgan fingerprint density at radius 2 is 0.838 bits per heavy atom. The van der Waals surface area contributed by atoms with Gasteiger partial charge in [0.2, 0.25) is 0 Å². The first kappa shape index (κ1) is 59.6. The van der Waals surface area contributed by atoms with Gasteiger partial charge in [-0.05, 0) is 106 Å². The summed E-state index contributed by atoms with van der Waals surface area (Å²) in [5, 5.41) is 0. The number of ketones is 1. The molecule has 0 N–H and O–H groups in total. The number of unbranched alkanes of at least 4 members (excludes halogenated alkanes) is 19. The zero-order chi connectivity index (χ0) is 53.6. The zero-order valence-corrected chi connectivity index (χ0v) is 45.7.